The Balaban J connectivity index is 1.79. The van der Waals surface area contributed by atoms with Crippen molar-refractivity contribution in [2.45, 2.75) is 25.7 Å². The van der Waals surface area contributed by atoms with E-state index in [4.69, 9.17) is 23.2 Å². The lowest BCUT2D eigenvalue weighted by Crippen LogP contribution is -2.52. The van der Waals surface area contributed by atoms with E-state index < -0.39 is 0 Å². The van der Waals surface area contributed by atoms with Gasteiger partial charge < -0.3 is 10.2 Å². The van der Waals surface area contributed by atoms with Gasteiger partial charge in [0.1, 0.15) is 0 Å². The number of carbonyl (C=O) groups excluding carboxylic acids is 1. The van der Waals surface area contributed by atoms with E-state index >= 15 is 0 Å². The van der Waals surface area contributed by atoms with Gasteiger partial charge in [0.15, 0.2) is 0 Å². The number of piperidine rings is 2. The summed E-state index contributed by atoms with van der Waals surface area (Å²) in [7, 11) is 0. The molecule has 3 nitrogen and oxygen atoms in total. The zero-order valence-corrected chi connectivity index (χ0v) is 13.5. The van der Waals surface area contributed by atoms with E-state index in [-0.39, 0.29) is 11.3 Å². The number of benzene rings is 1. The molecular formula is C16H20Cl2N2O. The first-order chi connectivity index (χ1) is 10.1. The third-order valence-corrected chi connectivity index (χ3v) is 5.51. The summed E-state index contributed by atoms with van der Waals surface area (Å²) in [5, 5.41) is 4.28. The molecule has 0 aliphatic carbocycles. The molecule has 21 heavy (non-hydrogen) atoms. The molecule has 1 N–H and O–H groups in total. The van der Waals surface area contributed by atoms with Crippen LogP contribution in [-0.2, 0) is 0 Å². The Labute approximate surface area is 135 Å². The van der Waals surface area contributed by atoms with Crippen LogP contribution in [0, 0.1) is 5.41 Å². The summed E-state index contributed by atoms with van der Waals surface area (Å²) in [5.74, 6) is 0.00662. The third-order valence-electron chi connectivity index (χ3n) is 4.69. The minimum atomic E-state index is 0.00662. The zero-order valence-electron chi connectivity index (χ0n) is 12.0. The molecule has 1 unspecified atom stereocenters. The van der Waals surface area contributed by atoms with Gasteiger partial charge in [-0.3, -0.25) is 4.79 Å². The van der Waals surface area contributed by atoms with Gasteiger partial charge >= 0.3 is 0 Å². The Bertz CT molecular complexity index is 536. The first kappa shape index (κ1) is 15.1. The number of amides is 1. The minimum absolute atomic E-state index is 0.00662. The van der Waals surface area contributed by atoms with Gasteiger partial charge in [-0.1, -0.05) is 29.3 Å². The second kappa shape index (κ2) is 6.15. The van der Waals surface area contributed by atoms with E-state index in [0.29, 0.717) is 15.6 Å². The molecule has 0 radical (unpaired) electrons. The van der Waals surface area contributed by atoms with Crippen LogP contribution >= 0.6 is 23.2 Å². The van der Waals surface area contributed by atoms with Crippen molar-refractivity contribution >= 4 is 29.1 Å². The second-order valence-electron chi connectivity index (χ2n) is 6.21. The van der Waals surface area contributed by atoms with Crippen LogP contribution in [0.4, 0.5) is 0 Å². The van der Waals surface area contributed by atoms with Crippen molar-refractivity contribution in [3.05, 3.63) is 33.8 Å². The molecular weight excluding hydrogens is 307 g/mol. The zero-order chi connectivity index (χ0) is 14.9. The van der Waals surface area contributed by atoms with E-state index in [2.05, 4.69) is 5.32 Å². The molecule has 5 heteroatoms. The average molecular weight is 327 g/mol. The van der Waals surface area contributed by atoms with Crippen LogP contribution in [-0.4, -0.2) is 37.0 Å². The lowest BCUT2D eigenvalue weighted by atomic mass is 9.74. The number of likely N-dealkylation sites (tertiary alicyclic amines) is 1. The summed E-state index contributed by atoms with van der Waals surface area (Å²) >= 11 is 12.2. The number of carbonyl (C=O) groups is 1. The Morgan fingerprint density at radius 3 is 2.81 bits per heavy atom. The largest absolute Gasteiger partial charge is 0.338 e. The predicted octanol–water partition coefficient (Wildman–Crippen LogP) is 3.60. The molecule has 0 bridgehead atoms. The van der Waals surface area contributed by atoms with Crippen LogP contribution in [0.15, 0.2) is 18.2 Å². The molecule has 1 aromatic carbocycles. The first-order valence-corrected chi connectivity index (χ1v) is 8.31. The van der Waals surface area contributed by atoms with E-state index in [1.165, 1.54) is 19.3 Å². The number of halogens is 2. The maximum atomic E-state index is 12.8. The van der Waals surface area contributed by atoms with Crippen LogP contribution in [0.25, 0.3) is 0 Å². The highest BCUT2D eigenvalue weighted by molar-refractivity contribution is 6.43. The fraction of sp³-hybridized carbons (Fsp3) is 0.562. The molecule has 0 saturated carbocycles. The SMILES string of the molecule is O=C(c1cccc(Cl)c1Cl)N1CCCC2(CCCNC2)C1. The van der Waals surface area contributed by atoms with Gasteiger partial charge in [-0.2, -0.15) is 0 Å². The van der Waals surface area contributed by atoms with Crippen molar-refractivity contribution in [2.24, 2.45) is 5.41 Å². The van der Waals surface area contributed by atoms with E-state index in [1.54, 1.807) is 18.2 Å². The van der Waals surface area contributed by atoms with E-state index in [1.807, 2.05) is 4.90 Å². The summed E-state index contributed by atoms with van der Waals surface area (Å²) in [6.45, 7) is 3.74. The molecule has 2 fully saturated rings. The van der Waals surface area contributed by atoms with Crippen LogP contribution in [0.3, 0.4) is 0 Å². The molecule has 1 amide bonds. The smallest absolute Gasteiger partial charge is 0.255 e. The third kappa shape index (κ3) is 3.05. The summed E-state index contributed by atoms with van der Waals surface area (Å²) in [6, 6.07) is 5.25. The minimum Gasteiger partial charge on any atom is -0.338 e. The summed E-state index contributed by atoms with van der Waals surface area (Å²) in [4.78, 5) is 14.7. The molecule has 0 aromatic heterocycles. The topological polar surface area (TPSA) is 32.3 Å². The van der Waals surface area contributed by atoms with Gasteiger partial charge in [0.25, 0.3) is 5.91 Å². The van der Waals surface area contributed by atoms with Gasteiger partial charge in [0, 0.05) is 25.0 Å². The quantitative estimate of drug-likeness (QED) is 0.855. The number of hydrogen-bond donors (Lipinski definition) is 1. The summed E-state index contributed by atoms with van der Waals surface area (Å²) in [5.41, 5.74) is 0.766. The number of nitrogens with one attached hydrogen (secondary N) is 1. The first-order valence-electron chi connectivity index (χ1n) is 7.55. The maximum absolute atomic E-state index is 12.8. The summed E-state index contributed by atoms with van der Waals surface area (Å²) in [6.07, 6.45) is 4.66. The van der Waals surface area contributed by atoms with Gasteiger partial charge in [0.2, 0.25) is 0 Å². The lowest BCUT2D eigenvalue weighted by molar-refractivity contribution is 0.0434. The molecule has 2 aliphatic heterocycles. The molecule has 2 heterocycles. The molecule has 1 aromatic rings. The van der Waals surface area contributed by atoms with Crippen molar-refractivity contribution in [3.8, 4) is 0 Å². The summed E-state index contributed by atoms with van der Waals surface area (Å²) < 4.78 is 0. The van der Waals surface area contributed by atoms with Crippen molar-refractivity contribution in [1.82, 2.24) is 10.2 Å². The Morgan fingerprint density at radius 2 is 2.05 bits per heavy atom. The second-order valence-corrected chi connectivity index (χ2v) is 7.00. The van der Waals surface area contributed by atoms with Crippen molar-refractivity contribution in [1.29, 1.82) is 0 Å². The van der Waals surface area contributed by atoms with E-state index in [0.717, 1.165) is 32.6 Å². The highest BCUT2D eigenvalue weighted by Crippen LogP contribution is 2.37. The molecule has 1 spiro atoms. The van der Waals surface area contributed by atoms with Crippen molar-refractivity contribution in [2.75, 3.05) is 26.2 Å². The number of hydrogen-bond acceptors (Lipinski definition) is 2. The lowest BCUT2D eigenvalue weighted by Gasteiger charge is -2.45. The van der Waals surface area contributed by atoms with Crippen molar-refractivity contribution in [3.63, 3.8) is 0 Å². The van der Waals surface area contributed by atoms with Crippen LogP contribution in [0.2, 0.25) is 10.0 Å². The Morgan fingerprint density at radius 1 is 1.24 bits per heavy atom. The highest BCUT2D eigenvalue weighted by atomic mass is 35.5. The normalized spacial score (nSPS) is 26.1. The van der Waals surface area contributed by atoms with Gasteiger partial charge in [-0.05, 0) is 44.4 Å². The average Bonchev–Trinajstić information content (AvgIpc) is 2.50. The maximum Gasteiger partial charge on any atom is 0.255 e. The Kier molecular flexibility index (Phi) is 4.43. The van der Waals surface area contributed by atoms with Gasteiger partial charge in [0.05, 0.1) is 15.6 Å². The van der Waals surface area contributed by atoms with E-state index in [9.17, 15) is 4.79 Å². The van der Waals surface area contributed by atoms with Crippen LogP contribution in [0.1, 0.15) is 36.0 Å². The van der Waals surface area contributed by atoms with Crippen LogP contribution in [0.5, 0.6) is 0 Å². The van der Waals surface area contributed by atoms with Gasteiger partial charge in [-0.15, -0.1) is 0 Å². The standard InChI is InChI=1S/C16H20Cl2N2O/c17-13-5-1-4-12(14(13)18)15(21)20-9-3-7-16(11-20)6-2-8-19-10-16/h1,4-5,19H,2-3,6-11H2. The van der Waals surface area contributed by atoms with Crippen molar-refractivity contribution < 1.29 is 4.79 Å². The molecule has 2 aliphatic rings. The molecule has 2 saturated heterocycles. The monoisotopic (exact) mass is 326 g/mol. The highest BCUT2D eigenvalue weighted by Gasteiger charge is 2.38. The van der Waals surface area contributed by atoms with Gasteiger partial charge in [-0.25, -0.2) is 0 Å². The number of rotatable bonds is 1. The fourth-order valence-corrected chi connectivity index (χ4v) is 3.98. The predicted molar refractivity (Wildman–Crippen MR) is 86.1 cm³/mol. The Hall–Kier alpha value is -0.770. The number of nitrogens with zero attached hydrogens (tertiary/aromatic N) is 1. The molecule has 114 valence electrons. The fourth-order valence-electron chi connectivity index (χ4n) is 3.60. The molecule has 1 atom stereocenters. The molecule has 3 rings (SSSR count). The van der Waals surface area contributed by atoms with Crippen LogP contribution < -0.4 is 5.32 Å².